The van der Waals surface area contributed by atoms with E-state index in [1.807, 2.05) is 0 Å². The second kappa shape index (κ2) is 11.7. The maximum atomic E-state index is 12.2. The van der Waals surface area contributed by atoms with E-state index >= 15 is 0 Å². The maximum Gasteiger partial charge on any atom is 0.251 e. The number of methoxy groups -OCH3 is 1. The number of amides is 1. The molecule has 162 valence electrons. The van der Waals surface area contributed by atoms with E-state index in [4.69, 9.17) is 9.73 Å². The van der Waals surface area contributed by atoms with Crippen molar-refractivity contribution in [3.8, 4) is 5.75 Å². The topological polar surface area (TPSA) is 78.0 Å². The third kappa shape index (κ3) is 7.57. The molecule has 0 radical (unpaired) electrons. The normalized spacial score (nSPS) is 15.7. The Kier molecular flexibility index (Phi) is 9.25. The summed E-state index contributed by atoms with van der Waals surface area (Å²) in [5.74, 6) is 1.43. The van der Waals surface area contributed by atoms with Crippen LogP contribution in [0.15, 0.2) is 29.3 Å². The molecule has 1 aromatic rings. The SMILES string of the molecule is CCNC(=NCC(C)(C)N1CCCCC1)NCCNC(=O)c1ccc(OC)cc1. The van der Waals surface area contributed by atoms with Gasteiger partial charge < -0.3 is 20.7 Å². The summed E-state index contributed by atoms with van der Waals surface area (Å²) in [4.78, 5) is 19.5. The minimum Gasteiger partial charge on any atom is -0.497 e. The Labute approximate surface area is 175 Å². The second-order valence-electron chi connectivity index (χ2n) is 7.97. The molecular weight excluding hydrogens is 366 g/mol. The Morgan fingerprint density at radius 2 is 1.72 bits per heavy atom. The summed E-state index contributed by atoms with van der Waals surface area (Å²) in [6.45, 7) is 11.6. The average molecular weight is 404 g/mol. The van der Waals surface area contributed by atoms with Crippen LogP contribution in [0.2, 0.25) is 0 Å². The highest BCUT2D eigenvalue weighted by molar-refractivity contribution is 5.94. The molecule has 0 saturated carbocycles. The number of guanidine groups is 1. The minimum absolute atomic E-state index is 0.0470. The molecule has 1 saturated heterocycles. The van der Waals surface area contributed by atoms with Crippen LogP contribution in [0.3, 0.4) is 0 Å². The quantitative estimate of drug-likeness (QED) is 0.335. The summed E-state index contributed by atoms with van der Waals surface area (Å²) >= 11 is 0. The molecule has 7 nitrogen and oxygen atoms in total. The van der Waals surface area contributed by atoms with Gasteiger partial charge in [0.2, 0.25) is 0 Å². The van der Waals surface area contributed by atoms with Crippen molar-refractivity contribution in [1.82, 2.24) is 20.9 Å². The highest BCUT2D eigenvalue weighted by atomic mass is 16.5. The molecule has 1 aromatic carbocycles. The number of benzene rings is 1. The van der Waals surface area contributed by atoms with Gasteiger partial charge in [0.05, 0.1) is 13.7 Å². The molecule has 29 heavy (non-hydrogen) atoms. The molecule has 2 rings (SSSR count). The Hall–Kier alpha value is -2.28. The Morgan fingerprint density at radius 3 is 2.34 bits per heavy atom. The molecular formula is C22H37N5O2. The van der Waals surface area contributed by atoms with Crippen LogP contribution in [0.4, 0.5) is 0 Å². The number of carbonyl (C=O) groups is 1. The second-order valence-corrected chi connectivity index (χ2v) is 7.97. The van der Waals surface area contributed by atoms with Gasteiger partial charge in [-0.15, -0.1) is 0 Å². The van der Waals surface area contributed by atoms with Gasteiger partial charge in [0, 0.05) is 30.7 Å². The number of aliphatic imine (C=N–C) groups is 1. The highest BCUT2D eigenvalue weighted by Crippen LogP contribution is 2.20. The number of likely N-dealkylation sites (tertiary alicyclic amines) is 1. The first-order chi connectivity index (χ1) is 14.0. The highest BCUT2D eigenvalue weighted by Gasteiger charge is 2.27. The smallest absolute Gasteiger partial charge is 0.251 e. The third-order valence-electron chi connectivity index (χ3n) is 5.24. The van der Waals surface area contributed by atoms with Crippen molar-refractivity contribution in [2.24, 2.45) is 4.99 Å². The molecule has 1 aliphatic rings. The minimum atomic E-state index is -0.0948. The van der Waals surface area contributed by atoms with E-state index in [-0.39, 0.29) is 11.4 Å². The molecule has 1 heterocycles. The van der Waals surface area contributed by atoms with E-state index in [9.17, 15) is 4.79 Å². The molecule has 7 heteroatoms. The number of nitrogens with one attached hydrogen (secondary N) is 3. The monoisotopic (exact) mass is 403 g/mol. The third-order valence-corrected chi connectivity index (χ3v) is 5.24. The molecule has 0 unspecified atom stereocenters. The van der Waals surface area contributed by atoms with Crippen molar-refractivity contribution in [3.05, 3.63) is 29.8 Å². The average Bonchev–Trinajstić information content (AvgIpc) is 2.75. The van der Waals surface area contributed by atoms with Crippen LogP contribution < -0.4 is 20.7 Å². The Balaban J connectivity index is 1.78. The Morgan fingerprint density at radius 1 is 1.07 bits per heavy atom. The number of carbonyl (C=O) groups excluding carboxylic acids is 1. The predicted octanol–water partition coefficient (Wildman–Crippen LogP) is 2.24. The molecule has 0 bridgehead atoms. The zero-order chi connectivity index (χ0) is 21.1. The van der Waals surface area contributed by atoms with Crippen LogP contribution in [0, 0.1) is 0 Å². The summed E-state index contributed by atoms with van der Waals surface area (Å²) in [5, 5.41) is 9.52. The maximum absolute atomic E-state index is 12.2. The lowest BCUT2D eigenvalue weighted by Crippen LogP contribution is -2.50. The first-order valence-electron chi connectivity index (χ1n) is 10.7. The van der Waals surface area contributed by atoms with Crippen LogP contribution >= 0.6 is 0 Å². The van der Waals surface area contributed by atoms with Gasteiger partial charge in [-0.25, -0.2) is 0 Å². The summed E-state index contributed by atoms with van der Waals surface area (Å²) in [5.41, 5.74) is 0.667. The number of ether oxygens (including phenoxy) is 1. The van der Waals surface area contributed by atoms with E-state index in [0.717, 1.165) is 37.9 Å². The molecule has 1 aliphatic heterocycles. The van der Waals surface area contributed by atoms with Gasteiger partial charge in [-0.1, -0.05) is 6.42 Å². The predicted molar refractivity (Wildman–Crippen MR) is 119 cm³/mol. The van der Waals surface area contributed by atoms with Gasteiger partial charge in [-0.3, -0.25) is 14.7 Å². The van der Waals surface area contributed by atoms with E-state index in [1.165, 1.54) is 19.3 Å². The molecule has 0 aliphatic carbocycles. The van der Waals surface area contributed by atoms with Crippen molar-refractivity contribution in [3.63, 3.8) is 0 Å². The number of hydrogen-bond acceptors (Lipinski definition) is 4. The van der Waals surface area contributed by atoms with Crippen LogP contribution in [0.25, 0.3) is 0 Å². The zero-order valence-corrected chi connectivity index (χ0v) is 18.4. The van der Waals surface area contributed by atoms with E-state index in [1.54, 1.807) is 31.4 Å². The van der Waals surface area contributed by atoms with Gasteiger partial charge in [0.25, 0.3) is 5.91 Å². The lowest BCUT2D eigenvalue weighted by molar-refractivity contribution is 0.0954. The first-order valence-corrected chi connectivity index (χ1v) is 10.7. The lowest BCUT2D eigenvalue weighted by Gasteiger charge is -2.40. The van der Waals surface area contributed by atoms with Crippen LogP contribution in [-0.4, -0.2) is 68.7 Å². The van der Waals surface area contributed by atoms with Crippen molar-refractivity contribution < 1.29 is 9.53 Å². The van der Waals surface area contributed by atoms with Gasteiger partial charge >= 0.3 is 0 Å². The molecule has 1 amide bonds. The van der Waals surface area contributed by atoms with Crippen LogP contribution in [-0.2, 0) is 0 Å². The van der Waals surface area contributed by atoms with E-state index in [0.29, 0.717) is 18.7 Å². The molecule has 0 aromatic heterocycles. The summed E-state index contributed by atoms with van der Waals surface area (Å²) in [6.07, 6.45) is 3.89. The first kappa shape index (κ1) is 23.0. The zero-order valence-electron chi connectivity index (χ0n) is 18.4. The summed E-state index contributed by atoms with van der Waals surface area (Å²) in [7, 11) is 1.61. The molecule has 0 atom stereocenters. The van der Waals surface area contributed by atoms with Gasteiger partial charge in [0.1, 0.15) is 5.75 Å². The van der Waals surface area contributed by atoms with Crippen molar-refractivity contribution >= 4 is 11.9 Å². The van der Waals surface area contributed by atoms with Crippen LogP contribution in [0.5, 0.6) is 5.75 Å². The molecule has 1 fully saturated rings. The number of rotatable bonds is 9. The fourth-order valence-corrected chi connectivity index (χ4v) is 3.41. The Bertz CT molecular complexity index is 652. The molecule has 3 N–H and O–H groups in total. The van der Waals surface area contributed by atoms with Crippen molar-refractivity contribution in [2.75, 3.05) is 46.4 Å². The van der Waals surface area contributed by atoms with Gasteiger partial charge in [-0.05, 0) is 71.0 Å². The van der Waals surface area contributed by atoms with Gasteiger partial charge in [-0.2, -0.15) is 0 Å². The number of hydrogen-bond donors (Lipinski definition) is 3. The summed E-state index contributed by atoms with van der Waals surface area (Å²) in [6, 6.07) is 7.09. The summed E-state index contributed by atoms with van der Waals surface area (Å²) < 4.78 is 5.12. The fraction of sp³-hybridized carbons (Fsp3) is 0.636. The number of nitrogens with zero attached hydrogens (tertiary/aromatic N) is 2. The standard InChI is InChI=1S/C22H37N5O2/c1-5-23-21(26-17-22(2,3)27-15-7-6-8-16-27)25-14-13-24-20(28)18-9-11-19(29-4)12-10-18/h9-12H,5-8,13-17H2,1-4H3,(H,24,28)(H2,23,25,26). The van der Waals surface area contributed by atoms with E-state index < -0.39 is 0 Å². The largest absolute Gasteiger partial charge is 0.497 e. The van der Waals surface area contributed by atoms with Gasteiger partial charge in [0.15, 0.2) is 5.96 Å². The van der Waals surface area contributed by atoms with Crippen LogP contribution in [0.1, 0.15) is 50.4 Å². The fourth-order valence-electron chi connectivity index (χ4n) is 3.41. The van der Waals surface area contributed by atoms with Crippen molar-refractivity contribution in [1.29, 1.82) is 0 Å². The van der Waals surface area contributed by atoms with Crippen molar-refractivity contribution in [2.45, 2.75) is 45.6 Å². The van der Waals surface area contributed by atoms with E-state index in [2.05, 4.69) is 41.6 Å². The number of piperidine rings is 1. The molecule has 0 spiro atoms. The lowest BCUT2D eigenvalue weighted by atomic mass is 9.99.